The van der Waals surface area contributed by atoms with Gasteiger partial charge in [0.15, 0.2) is 0 Å². The van der Waals surface area contributed by atoms with Gasteiger partial charge < -0.3 is 10.1 Å². The molecule has 1 aromatic rings. The Bertz CT molecular complexity index is 325. The van der Waals surface area contributed by atoms with Gasteiger partial charge >= 0.3 is 5.82 Å². The van der Waals surface area contributed by atoms with Crippen LogP contribution in [-0.4, -0.2) is 19.9 Å². The zero-order chi connectivity index (χ0) is 8.97. The van der Waals surface area contributed by atoms with E-state index < -0.39 is 4.92 Å². The number of aryl methyl sites for hydroxylation is 1. The van der Waals surface area contributed by atoms with Gasteiger partial charge in [-0.15, -0.1) is 0 Å². The van der Waals surface area contributed by atoms with Gasteiger partial charge in [-0.2, -0.15) is 5.26 Å². The van der Waals surface area contributed by atoms with Gasteiger partial charge in [-0.1, -0.05) is 0 Å². The average molecular weight is 167 g/mol. The van der Waals surface area contributed by atoms with Crippen molar-refractivity contribution in [2.45, 2.75) is 13.0 Å². The van der Waals surface area contributed by atoms with Crippen LogP contribution in [0.5, 0.6) is 0 Å². The lowest BCUT2D eigenvalue weighted by Crippen LogP contribution is -1.97. The van der Waals surface area contributed by atoms with E-state index in [9.17, 15) is 10.1 Å². The summed E-state index contributed by atoms with van der Waals surface area (Å²) >= 11 is 0. The number of hydrogen-bond acceptors (Lipinski definition) is 5. The summed E-state index contributed by atoms with van der Waals surface area (Å²) in [5.41, 5.74) is 0. The van der Waals surface area contributed by atoms with Gasteiger partial charge in [0.05, 0.1) is 24.2 Å². The minimum absolute atomic E-state index is 0.264. The summed E-state index contributed by atoms with van der Waals surface area (Å²) in [6.45, 7) is 0.331. The van der Waals surface area contributed by atoms with Crippen LogP contribution < -0.4 is 0 Å². The molecule has 0 amide bonds. The van der Waals surface area contributed by atoms with Gasteiger partial charge in [0.25, 0.3) is 0 Å². The van der Waals surface area contributed by atoms with Crippen molar-refractivity contribution in [3.8, 4) is 6.07 Å². The van der Waals surface area contributed by atoms with Gasteiger partial charge in [-0.3, -0.25) is 0 Å². The van der Waals surface area contributed by atoms with Crippen LogP contribution in [0.2, 0.25) is 0 Å². The molecule has 0 saturated carbocycles. The van der Waals surface area contributed by atoms with E-state index in [1.165, 1.54) is 10.9 Å². The number of nitrogens with zero attached hydrogens (tertiary/aromatic N) is 5. The molecule has 0 bridgehead atoms. The Balaban J connectivity index is 2.66. The van der Waals surface area contributed by atoms with Gasteiger partial charge in [0.1, 0.15) is 11.3 Å². The molecule has 0 aliphatic heterocycles. The molecule has 0 aliphatic carbocycles. The topological polar surface area (TPSA) is 97.6 Å². The van der Waals surface area contributed by atoms with Gasteiger partial charge in [-0.05, 0) is 4.92 Å². The molecule has 0 N–H and O–H groups in total. The number of hydrogen-bond donors (Lipinski definition) is 0. The van der Waals surface area contributed by atoms with Crippen molar-refractivity contribution in [1.82, 2.24) is 15.0 Å². The van der Waals surface area contributed by atoms with Crippen molar-refractivity contribution in [1.29, 1.82) is 5.26 Å². The third kappa shape index (κ3) is 1.76. The molecule has 0 fully saturated rings. The zero-order valence-corrected chi connectivity index (χ0v) is 6.04. The van der Waals surface area contributed by atoms with E-state index in [0.717, 1.165) is 0 Å². The monoisotopic (exact) mass is 167 g/mol. The Labute approximate surface area is 67.4 Å². The highest BCUT2D eigenvalue weighted by Gasteiger charge is 2.10. The first-order valence-electron chi connectivity index (χ1n) is 3.15. The Morgan fingerprint density at radius 2 is 2.58 bits per heavy atom. The fourth-order valence-electron chi connectivity index (χ4n) is 0.646. The smallest absolute Gasteiger partial charge is 0.358 e. The van der Waals surface area contributed by atoms with Gasteiger partial charge in [0.2, 0.25) is 0 Å². The predicted octanol–water partition coefficient (Wildman–Crippen LogP) is 0.1000. The fourth-order valence-corrected chi connectivity index (χ4v) is 0.646. The lowest BCUT2D eigenvalue weighted by atomic mass is 10.5. The molecule has 0 aliphatic rings. The van der Waals surface area contributed by atoms with Crippen LogP contribution in [0.3, 0.4) is 0 Å². The molecule has 7 heteroatoms. The molecule has 0 aromatic carbocycles. The standard InChI is InChI=1S/C5H5N5O2/c6-2-1-3-9-4-5(7-8-9)10(11)12/h4H,1,3H2. The Morgan fingerprint density at radius 3 is 3.08 bits per heavy atom. The molecule has 12 heavy (non-hydrogen) atoms. The molecule has 0 atom stereocenters. The van der Waals surface area contributed by atoms with Crippen LogP contribution in [0, 0.1) is 21.4 Å². The highest BCUT2D eigenvalue weighted by atomic mass is 16.6. The summed E-state index contributed by atoms with van der Waals surface area (Å²) in [5.74, 6) is -0.298. The molecule has 7 nitrogen and oxygen atoms in total. The normalized spacial score (nSPS) is 9.25. The highest BCUT2D eigenvalue weighted by molar-refractivity contribution is 5.08. The quantitative estimate of drug-likeness (QED) is 0.469. The summed E-state index contributed by atoms with van der Waals surface area (Å²) in [7, 11) is 0. The molecule has 1 aromatic heterocycles. The van der Waals surface area contributed by atoms with E-state index in [0.29, 0.717) is 6.54 Å². The maximum Gasteiger partial charge on any atom is 0.410 e. The van der Waals surface area contributed by atoms with Crippen LogP contribution in [0.1, 0.15) is 6.42 Å². The molecule has 0 spiro atoms. The molecule has 62 valence electrons. The van der Waals surface area contributed by atoms with Crippen LogP contribution in [0.15, 0.2) is 6.20 Å². The number of rotatable bonds is 3. The number of nitriles is 1. The average Bonchev–Trinajstić information content (AvgIpc) is 2.48. The molecular formula is C5H5N5O2. The number of aromatic nitrogens is 3. The third-order valence-corrected chi connectivity index (χ3v) is 1.17. The minimum Gasteiger partial charge on any atom is -0.358 e. The summed E-state index contributed by atoms with van der Waals surface area (Å²) < 4.78 is 1.27. The minimum atomic E-state index is -0.629. The van der Waals surface area contributed by atoms with Crippen LogP contribution in [-0.2, 0) is 6.54 Å². The highest BCUT2D eigenvalue weighted by Crippen LogP contribution is 2.02. The molecule has 0 radical (unpaired) electrons. The second-order valence-electron chi connectivity index (χ2n) is 2.01. The second-order valence-corrected chi connectivity index (χ2v) is 2.01. The molecule has 1 rings (SSSR count). The van der Waals surface area contributed by atoms with E-state index in [2.05, 4.69) is 10.3 Å². The summed E-state index contributed by atoms with van der Waals surface area (Å²) in [4.78, 5) is 9.48. The lowest BCUT2D eigenvalue weighted by molar-refractivity contribution is -0.389. The van der Waals surface area contributed by atoms with Crippen LogP contribution >= 0.6 is 0 Å². The summed E-state index contributed by atoms with van der Waals surface area (Å²) in [6.07, 6.45) is 1.46. The van der Waals surface area contributed by atoms with Crippen molar-refractivity contribution in [2.75, 3.05) is 0 Å². The number of nitro groups is 1. The Morgan fingerprint density at radius 1 is 1.83 bits per heavy atom. The molecule has 1 heterocycles. The van der Waals surface area contributed by atoms with Crippen LogP contribution in [0.25, 0.3) is 0 Å². The van der Waals surface area contributed by atoms with Crippen molar-refractivity contribution in [3.05, 3.63) is 16.3 Å². The van der Waals surface area contributed by atoms with E-state index >= 15 is 0 Å². The summed E-state index contributed by atoms with van der Waals surface area (Å²) in [5, 5.41) is 25.0. The largest absolute Gasteiger partial charge is 0.410 e. The van der Waals surface area contributed by atoms with E-state index in [4.69, 9.17) is 5.26 Å². The first kappa shape index (κ1) is 8.13. The summed E-state index contributed by atoms with van der Waals surface area (Å²) in [6, 6.07) is 1.90. The van der Waals surface area contributed by atoms with Gasteiger partial charge in [0, 0.05) is 0 Å². The first-order chi connectivity index (χ1) is 5.74. The van der Waals surface area contributed by atoms with Crippen molar-refractivity contribution in [2.24, 2.45) is 0 Å². The third-order valence-electron chi connectivity index (χ3n) is 1.17. The Kier molecular flexibility index (Phi) is 2.32. The van der Waals surface area contributed by atoms with Crippen molar-refractivity contribution >= 4 is 5.82 Å². The maximum atomic E-state index is 10.1. The molecule has 0 saturated heterocycles. The first-order valence-corrected chi connectivity index (χ1v) is 3.15. The zero-order valence-electron chi connectivity index (χ0n) is 6.04. The van der Waals surface area contributed by atoms with Crippen molar-refractivity contribution < 1.29 is 4.92 Å². The Hall–Kier alpha value is -1.97. The maximum absolute atomic E-state index is 10.1. The molecular weight excluding hydrogens is 162 g/mol. The van der Waals surface area contributed by atoms with E-state index in [1.54, 1.807) is 0 Å². The van der Waals surface area contributed by atoms with E-state index in [-0.39, 0.29) is 12.2 Å². The lowest BCUT2D eigenvalue weighted by Gasteiger charge is -1.88. The predicted molar refractivity (Wildman–Crippen MR) is 36.9 cm³/mol. The SMILES string of the molecule is N#CCCn1cc([N+](=O)[O-])nn1. The van der Waals surface area contributed by atoms with E-state index in [1.807, 2.05) is 6.07 Å². The molecule has 0 unspecified atom stereocenters. The second kappa shape index (κ2) is 3.43. The van der Waals surface area contributed by atoms with Crippen molar-refractivity contribution in [3.63, 3.8) is 0 Å². The van der Waals surface area contributed by atoms with Crippen LogP contribution in [0.4, 0.5) is 5.82 Å². The van der Waals surface area contributed by atoms with Gasteiger partial charge in [-0.25, -0.2) is 4.68 Å². The fraction of sp³-hybridized carbons (Fsp3) is 0.400.